The van der Waals surface area contributed by atoms with E-state index < -0.39 is 17.6 Å². The Hall–Kier alpha value is -2.38. The van der Waals surface area contributed by atoms with Gasteiger partial charge in [0, 0.05) is 7.05 Å². The van der Waals surface area contributed by atoms with Crippen molar-refractivity contribution < 1.29 is 18.0 Å². The summed E-state index contributed by atoms with van der Waals surface area (Å²) in [7, 11) is 1.42. The summed E-state index contributed by atoms with van der Waals surface area (Å²) in [6, 6.07) is 4.60. The molecule has 0 saturated carbocycles. The van der Waals surface area contributed by atoms with Crippen molar-refractivity contribution in [2.24, 2.45) is 0 Å². The maximum Gasteiger partial charge on any atom is 0.416 e. The number of hydrogen-bond acceptors (Lipinski definition) is 3. The normalized spacial score (nSPS) is 11.4. The summed E-state index contributed by atoms with van der Waals surface area (Å²) in [6.45, 7) is 0. The van der Waals surface area contributed by atoms with Crippen molar-refractivity contribution in [1.82, 2.24) is 20.3 Å². The predicted molar refractivity (Wildman–Crippen MR) is 59.8 cm³/mol. The minimum atomic E-state index is -4.43. The lowest BCUT2D eigenvalue weighted by molar-refractivity contribution is -0.137. The quantitative estimate of drug-likeness (QED) is 0.902. The van der Waals surface area contributed by atoms with E-state index in [1.807, 2.05) is 0 Å². The summed E-state index contributed by atoms with van der Waals surface area (Å²) in [5.41, 5.74) is -0.584. The van der Waals surface area contributed by atoms with Crippen LogP contribution in [0.25, 0.3) is 5.69 Å². The Kier molecular flexibility index (Phi) is 3.24. The number of aromatic nitrogens is 3. The van der Waals surface area contributed by atoms with Gasteiger partial charge < -0.3 is 5.32 Å². The lowest BCUT2D eigenvalue weighted by Gasteiger charge is -2.07. The molecule has 0 fully saturated rings. The van der Waals surface area contributed by atoms with Gasteiger partial charge in [0.15, 0.2) is 5.69 Å². The number of benzene rings is 1. The molecule has 0 radical (unpaired) electrons. The van der Waals surface area contributed by atoms with Gasteiger partial charge in [0.25, 0.3) is 5.91 Å². The molecule has 0 aliphatic rings. The molecule has 1 heterocycles. The fourth-order valence-electron chi connectivity index (χ4n) is 1.45. The number of alkyl halides is 3. The van der Waals surface area contributed by atoms with Crippen LogP contribution < -0.4 is 5.32 Å². The number of rotatable bonds is 2. The maximum atomic E-state index is 12.6. The van der Waals surface area contributed by atoms with Crippen LogP contribution in [0.1, 0.15) is 16.1 Å². The van der Waals surface area contributed by atoms with Crippen LogP contribution in [0.4, 0.5) is 13.2 Å². The van der Waals surface area contributed by atoms with Crippen molar-refractivity contribution in [3.63, 3.8) is 0 Å². The van der Waals surface area contributed by atoms with Crippen LogP contribution in [0.15, 0.2) is 30.5 Å². The van der Waals surface area contributed by atoms with Crippen molar-refractivity contribution >= 4 is 5.91 Å². The fraction of sp³-hybridized carbons (Fsp3) is 0.182. The summed E-state index contributed by atoms with van der Waals surface area (Å²) >= 11 is 0. The first-order valence-corrected chi connectivity index (χ1v) is 5.24. The molecule has 0 aliphatic heterocycles. The van der Waals surface area contributed by atoms with Crippen molar-refractivity contribution in [2.45, 2.75) is 6.18 Å². The smallest absolute Gasteiger partial charge is 0.354 e. The van der Waals surface area contributed by atoms with Gasteiger partial charge in [-0.05, 0) is 18.2 Å². The summed E-state index contributed by atoms with van der Waals surface area (Å²) in [5.74, 6) is -0.460. The molecule has 1 aromatic carbocycles. The van der Waals surface area contributed by atoms with Crippen molar-refractivity contribution in [1.29, 1.82) is 0 Å². The Bertz CT molecular complexity index is 606. The number of carbonyl (C=O) groups excluding carboxylic acids is 1. The van der Waals surface area contributed by atoms with Gasteiger partial charge in [-0.1, -0.05) is 11.3 Å². The van der Waals surface area contributed by atoms with Crippen LogP contribution in [0.3, 0.4) is 0 Å². The molecule has 0 unspecified atom stereocenters. The summed E-state index contributed by atoms with van der Waals surface area (Å²) in [5, 5.41) is 9.54. The zero-order chi connectivity index (χ0) is 14.0. The van der Waals surface area contributed by atoms with E-state index in [0.29, 0.717) is 0 Å². The standard InChI is InChI=1S/C11H9F3N4O/c1-15-10(19)9-6-18(17-16-9)8-4-2-3-7(5-8)11(12,13)14/h2-6H,1H3,(H,15,19). The fourth-order valence-corrected chi connectivity index (χ4v) is 1.45. The molecule has 5 nitrogen and oxygen atoms in total. The van der Waals surface area contributed by atoms with Gasteiger partial charge >= 0.3 is 6.18 Å². The summed E-state index contributed by atoms with van der Waals surface area (Å²) in [6.07, 6.45) is -3.17. The number of amides is 1. The first-order valence-electron chi connectivity index (χ1n) is 5.24. The second-order valence-electron chi connectivity index (χ2n) is 3.68. The Morgan fingerprint density at radius 3 is 2.74 bits per heavy atom. The number of carbonyl (C=O) groups is 1. The largest absolute Gasteiger partial charge is 0.416 e. The van der Waals surface area contributed by atoms with E-state index in [1.165, 1.54) is 25.4 Å². The molecule has 2 rings (SSSR count). The van der Waals surface area contributed by atoms with Gasteiger partial charge in [-0.25, -0.2) is 4.68 Å². The summed E-state index contributed by atoms with van der Waals surface area (Å²) in [4.78, 5) is 11.3. The van der Waals surface area contributed by atoms with Crippen LogP contribution in [0.2, 0.25) is 0 Å². The van der Waals surface area contributed by atoms with Gasteiger partial charge in [-0.3, -0.25) is 4.79 Å². The molecule has 1 aromatic heterocycles. The van der Waals surface area contributed by atoms with Gasteiger partial charge in [0.1, 0.15) is 0 Å². The molecule has 19 heavy (non-hydrogen) atoms. The van der Waals surface area contributed by atoms with Gasteiger partial charge in [-0.2, -0.15) is 13.2 Å². The van der Waals surface area contributed by atoms with E-state index in [-0.39, 0.29) is 11.4 Å². The highest BCUT2D eigenvalue weighted by Gasteiger charge is 2.30. The highest BCUT2D eigenvalue weighted by Crippen LogP contribution is 2.30. The maximum absolute atomic E-state index is 12.6. The third kappa shape index (κ3) is 2.72. The Morgan fingerprint density at radius 2 is 2.11 bits per heavy atom. The van der Waals surface area contributed by atoms with E-state index in [0.717, 1.165) is 16.8 Å². The zero-order valence-electron chi connectivity index (χ0n) is 9.77. The van der Waals surface area contributed by atoms with Crippen LogP contribution in [0.5, 0.6) is 0 Å². The molecule has 1 N–H and O–H groups in total. The van der Waals surface area contributed by atoms with E-state index >= 15 is 0 Å². The number of halogens is 3. The number of nitrogens with zero attached hydrogens (tertiary/aromatic N) is 3. The van der Waals surface area contributed by atoms with Crippen molar-refractivity contribution in [2.75, 3.05) is 7.05 Å². The SMILES string of the molecule is CNC(=O)c1cn(-c2cccc(C(F)(F)F)c2)nn1. The van der Waals surface area contributed by atoms with Gasteiger partial charge in [-0.15, -0.1) is 5.10 Å². The van der Waals surface area contributed by atoms with Crippen LogP contribution in [-0.4, -0.2) is 27.9 Å². The van der Waals surface area contributed by atoms with Gasteiger partial charge in [0.05, 0.1) is 17.4 Å². The average Bonchev–Trinajstić information content (AvgIpc) is 2.86. The molecule has 0 saturated heterocycles. The molecular formula is C11H9F3N4O. The minimum absolute atomic E-state index is 0.0277. The third-order valence-corrected chi connectivity index (χ3v) is 2.39. The van der Waals surface area contributed by atoms with Crippen LogP contribution in [0, 0.1) is 0 Å². The van der Waals surface area contributed by atoms with Crippen LogP contribution in [-0.2, 0) is 6.18 Å². The second kappa shape index (κ2) is 4.71. The number of nitrogens with one attached hydrogen (secondary N) is 1. The molecule has 8 heteroatoms. The Balaban J connectivity index is 2.37. The molecule has 1 amide bonds. The van der Waals surface area contributed by atoms with E-state index in [4.69, 9.17) is 0 Å². The van der Waals surface area contributed by atoms with E-state index in [9.17, 15) is 18.0 Å². The topological polar surface area (TPSA) is 59.8 Å². The molecule has 0 atom stereocenters. The van der Waals surface area contributed by atoms with Gasteiger partial charge in [0.2, 0.25) is 0 Å². The highest BCUT2D eigenvalue weighted by molar-refractivity contribution is 5.91. The molecule has 100 valence electrons. The summed E-state index contributed by atoms with van der Waals surface area (Å²) < 4.78 is 38.8. The first kappa shape index (κ1) is 13.1. The zero-order valence-corrected chi connectivity index (χ0v) is 9.77. The lowest BCUT2D eigenvalue weighted by atomic mass is 10.2. The van der Waals surface area contributed by atoms with Crippen molar-refractivity contribution in [3.05, 3.63) is 41.7 Å². The minimum Gasteiger partial charge on any atom is -0.354 e. The lowest BCUT2D eigenvalue weighted by Crippen LogP contribution is -2.18. The molecular weight excluding hydrogens is 261 g/mol. The third-order valence-electron chi connectivity index (χ3n) is 2.39. The van der Waals surface area contributed by atoms with Crippen LogP contribution >= 0.6 is 0 Å². The molecule has 0 spiro atoms. The first-order chi connectivity index (χ1) is 8.91. The van der Waals surface area contributed by atoms with Crippen molar-refractivity contribution in [3.8, 4) is 5.69 Å². The monoisotopic (exact) mass is 270 g/mol. The molecule has 2 aromatic rings. The second-order valence-corrected chi connectivity index (χ2v) is 3.68. The molecule has 0 bridgehead atoms. The average molecular weight is 270 g/mol. The van der Waals surface area contributed by atoms with E-state index in [1.54, 1.807) is 0 Å². The van der Waals surface area contributed by atoms with E-state index in [2.05, 4.69) is 15.6 Å². The Morgan fingerprint density at radius 1 is 1.37 bits per heavy atom. The highest BCUT2D eigenvalue weighted by atomic mass is 19.4. The predicted octanol–water partition coefficient (Wildman–Crippen LogP) is 1.65. The Labute approximate surface area is 106 Å². The molecule has 0 aliphatic carbocycles. The number of hydrogen-bond donors (Lipinski definition) is 1.